The maximum absolute atomic E-state index is 13.1. The van der Waals surface area contributed by atoms with Gasteiger partial charge in [0, 0.05) is 18.9 Å². The fourth-order valence-electron chi connectivity index (χ4n) is 12.1. The van der Waals surface area contributed by atoms with Crippen LogP contribution in [0, 0.1) is 44.8 Å². The van der Waals surface area contributed by atoms with Crippen molar-refractivity contribution in [1.82, 2.24) is 0 Å². The van der Waals surface area contributed by atoms with Gasteiger partial charge in [0.15, 0.2) is 0 Å². The molecule has 6 rings (SSSR count). The summed E-state index contributed by atoms with van der Waals surface area (Å²) in [5, 5.41) is 22.7. The number of aliphatic hydroxyl groups excluding tert-OH is 2. The Bertz CT molecular complexity index is 1020. The van der Waals surface area contributed by atoms with Crippen LogP contribution in [0.3, 0.4) is 0 Å². The lowest BCUT2D eigenvalue weighted by molar-refractivity contribution is -0.224. The first-order valence-electron chi connectivity index (χ1n) is 15.1. The van der Waals surface area contributed by atoms with Gasteiger partial charge in [0.1, 0.15) is 0 Å². The van der Waals surface area contributed by atoms with E-state index in [-0.39, 0.29) is 51.7 Å². The highest BCUT2D eigenvalue weighted by molar-refractivity contribution is 5.78. The zero-order chi connectivity index (χ0) is 27.5. The van der Waals surface area contributed by atoms with E-state index in [1.807, 2.05) is 14.0 Å². The monoisotopic (exact) mass is 530 g/mol. The average Bonchev–Trinajstić information content (AvgIpc) is 3.51. The molecule has 1 saturated heterocycles. The fourth-order valence-corrected chi connectivity index (χ4v) is 12.1. The molecule has 6 fully saturated rings. The minimum atomic E-state index is -0.957. The molecular weight excluding hydrogens is 480 g/mol. The lowest BCUT2D eigenvalue weighted by Crippen LogP contribution is -2.64. The number of aliphatic hydroxyl groups is 2. The summed E-state index contributed by atoms with van der Waals surface area (Å²) in [6, 6.07) is 0. The third-order valence-electron chi connectivity index (χ3n) is 14.4. The van der Waals surface area contributed by atoms with E-state index in [9.17, 15) is 15.0 Å². The summed E-state index contributed by atoms with van der Waals surface area (Å²) in [5.74, 6) is 0.573. The van der Waals surface area contributed by atoms with Gasteiger partial charge in [-0.3, -0.25) is 4.79 Å². The maximum atomic E-state index is 13.1. The van der Waals surface area contributed by atoms with E-state index in [0.29, 0.717) is 18.4 Å². The van der Waals surface area contributed by atoms with Crippen molar-refractivity contribution in [2.24, 2.45) is 44.8 Å². The molecule has 214 valence electrons. The summed E-state index contributed by atoms with van der Waals surface area (Å²) < 4.78 is 18.1. The first-order chi connectivity index (χ1) is 17.8. The van der Waals surface area contributed by atoms with Crippen LogP contribution in [0.15, 0.2) is 12.2 Å². The molecule has 0 radical (unpaired) electrons. The van der Waals surface area contributed by atoms with Crippen LogP contribution >= 0.6 is 0 Å². The lowest BCUT2D eigenvalue weighted by Gasteiger charge is -2.64. The largest absolute Gasteiger partial charge is 0.469 e. The number of hydrogen-bond donors (Lipinski definition) is 2. The molecule has 38 heavy (non-hydrogen) atoms. The summed E-state index contributed by atoms with van der Waals surface area (Å²) in [6.07, 6.45) is 8.32. The van der Waals surface area contributed by atoms with Crippen molar-refractivity contribution in [3.8, 4) is 0 Å². The topological polar surface area (TPSA) is 85.2 Å². The van der Waals surface area contributed by atoms with Gasteiger partial charge in [-0.2, -0.15) is 0 Å². The second kappa shape index (κ2) is 8.30. The molecule has 6 aliphatic rings. The van der Waals surface area contributed by atoms with Crippen molar-refractivity contribution in [2.45, 2.75) is 116 Å². The molecule has 1 aliphatic heterocycles. The van der Waals surface area contributed by atoms with Crippen molar-refractivity contribution in [3.05, 3.63) is 12.2 Å². The molecule has 0 aromatic heterocycles. The molecule has 0 aromatic rings. The van der Waals surface area contributed by atoms with E-state index in [0.717, 1.165) is 56.9 Å². The highest BCUT2D eigenvalue weighted by atomic mass is 16.5. The molecule has 0 amide bonds. The zero-order valence-electron chi connectivity index (χ0n) is 24.5. The maximum Gasteiger partial charge on any atom is 0.314 e. The molecule has 0 aromatic carbocycles. The Balaban J connectivity index is 1.34. The highest BCUT2D eigenvalue weighted by Crippen LogP contribution is 2.89. The Morgan fingerprint density at radius 2 is 1.58 bits per heavy atom. The highest BCUT2D eigenvalue weighted by Gasteiger charge is 2.86. The number of hydrogen-bond acceptors (Lipinski definition) is 6. The van der Waals surface area contributed by atoms with Gasteiger partial charge in [0.2, 0.25) is 0 Å². The van der Waals surface area contributed by atoms with Crippen molar-refractivity contribution < 1.29 is 29.2 Å². The lowest BCUT2D eigenvalue weighted by atomic mass is 9.41. The van der Waals surface area contributed by atoms with Crippen LogP contribution in [0.25, 0.3) is 0 Å². The number of carbonyl (C=O) groups excluding carboxylic acids is 1. The van der Waals surface area contributed by atoms with Crippen molar-refractivity contribution in [2.75, 3.05) is 20.8 Å². The van der Waals surface area contributed by atoms with E-state index in [1.165, 1.54) is 13.5 Å². The van der Waals surface area contributed by atoms with Gasteiger partial charge in [-0.25, -0.2) is 0 Å². The normalized spacial score (nSPS) is 57.2. The minimum absolute atomic E-state index is 0.0428. The van der Waals surface area contributed by atoms with Gasteiger partial charge < -0.3 is 24.4 Å². The number of ether oxygens (including phenoxy) is 3. The van der Waals surface area contributed by atoms with Crippen LogP contribution in [0.5, 0.6) is 0 Å². The van der Waals surface area contributed by atoms with Crippen LogP contribution in [0.1, 0.15) is 91.9 Å². The molecule has 1 heterocycles. The number of rotatable bonds is 4. The van der Waals surface area contributed by atoms with Crippen LogP contribution < -0.4 is 0 Å². The third kappa shape index (κ3) is 2.92. The smallest absolute Gasteiger partial charge is 0.314 e. The summed E-state index contributed by atoms with van der Waals surface area (Å²) in [5.41, 5.74) is -0.105. The Labute approximate surface area is 228 Å². The molecule has 0 unspecified atom stereocenters. The Kier molecular flexibility index (Phi) is 5.95. The number of carbonyl (C=O) groups is 1. The van der Waals surface area contributed by atoms with E-state index in [1.54, 1.807) is 0 Å². The molecule has 0 bridgehead atoms. The molecule has 12 atom stereocenters. The quantitative estimate of drug-likeness (QED) is 0.391. The van der Waals surface area contributed by atoms with Gasteiger partial charge in [-0.1, -0.05) is 26.0 Å². The molecule has 5 aliphatic carbocycles. The summed E-state index contributed by atoms with van der Waals surface area (Å²) in [6.45, 7) is 13.8. The molecule has 6 heteroatoms. The Morgan fingerprint density at radius 1 is 0.895 bits per heavy atom. The zero-order valence-corrected chi connectivity index (χ0v) is 24.5. The SMILES string of the molecule is C=C(C)[C@H]1CC[C@](OC)([C@H]2CC[C@@]3(C)[C@@H]4CC[C@H]5[C@](C)(C(=O)OC)[C@@H](O)C[C@H](O)[C@@]56C[C@@]46CC[C@]23C)CO1. The first kappa shape index (κ1) is 27.2. The summed E-state index contributed by atoms with van der Waals surface area (Å²) >= 11 is 0. The van der Waals surface area contributed by atoms with Gasteiger partial charge in [0.25, 0.3) is 0 Å². The van der Waals surface area contributed by atoms with Crippen molar-refractivity contribution in [1.29, 1.82) is 0 Å². The van der Waals surface area contributed by atoms with Gasteiger partial charge in [-0.05, 0) is 106 Å². The van der Waals surface area contributed by atoms with E-state index in [4.69, 9.17) is 14.2 Å². The van der Waals surface area contributed by atoms with E-state index < -0.39 is 17.6 Å². The number of methoxy groups -OCH3 is 2. The van der Waals surface area contributed by atoms with Gasteiger partial charge >= 0.3 is 5.97 Å². The van der Waals surface area contributed by atoms with Crippen LogP contribution in [0.2, 0.25) is 0 Å². The molecule has 5 saturated carbocycles. The standard InChI is InChI=1S/C32H50O6/c1-19(2)20-10-13-31(37-7,18-38-20)22-11-12-27(3)21-8-9-23-29(5,26(35)36-6)24(33)16-25(34)32(23)17-30(21,32)15-14-28(22,27)4/h20-25,33-34H,1,8-18H2,2-7H3/t20-,21+,22+,23+,24+,25+,27+,28-,29+,30+,31-,32-/m1/s1. The number of fused-ring (bicyclic) bond motifs is 2. The van der Waals surface area contributed by atoms with E-state index in [2.05, 4.69) is 27.4 Å². The first-order valence-corrected chi connectivity index (χ1v) is 15.1. The van der Waals surface area contributed by atoms with Crippen LogP contribution in [0.4, 0.5) is 0 Å². The summed E-state index contributed by atoms with van der Waals surface area (Å²) in [4.78, 5) is 13.1. The molecule has 6 nitrogen and oxygen atoms in total. The second-order valence-electron chi connectivity index (χ2n) is 15.0. The molecular formula is C32H50O6. The second-order valence-corrected chi connectivity index (χ2v) is 15.0. The Hall–Kier alpha value is -0.950. The van der Waals surface area contributed by atoms with Gasteiger partial charge in [0.05, 0.1) is 43.0 Å². The van der Waals surface area contributed by atoms with Gasteiger partial charge in [-0.15, -0.1) is 0 Å². The third-order valence-corrected chi connectivity index (χ3v) is 14.4. The Morgan fingerprint density at radius 3 is 2.18 bits per heavy atom. The predicted molar refractivity (Wildman–Crippen MR) is 144 cm³/mol. The number of esters is 1. The van der Waals surface area contributed by atoms with Crippen LogP contribution in [-0.4, -0.2) is 60.9 Å². The van der Waals surface area contributed by atoms with E-state index >= 15 is 0 Å². The predicted octanol–water partition coefficient (Wildman–Crippen LogP) is 5.05. The average molecular weight is 531 g/mol. The van der Waals surface area contributed by atoms with Crippen molar-refractivity contribution >= 4 is 5.97 Å². The van der Waals surface area contributed by atoms with Crippen molar-refractivity contribution in [3.63, 3.8) is 0 Å². The fraction of sp³-hybridized carbons (Fsp3) is 0.906. The van der Waals surface area contributed by atoms with Crippen LogP contribution in [-0.2, 0) is 19.0 Å². The minimum Gasteiger partial charge on any atom is -0.469 e. The molecule has 2 spiro atoms. The molecule has 2 N–H and O–H groups in total. The summed E-state index contributed by atoms with van der Waals surface area (Å²) in [7, 11) is 3.31.